The summed E-state index contributed by atoms with van der Waals surface area (Å²) in [5, 5.41) is 12.8. The Morgan fingerprint density at radius 1 is 1.15 bits per heavy atom. The van der Waals surface area contributed by atoms with E-state index >= 15 is 0 Å². The van der Waals surface area contributed by atoms with Gasteiger partial charge in [-0.1, -0.05) is 51.0 Å². The van der Waals surface area contributed by atoms with Crippen molar-refractivity contribution in [1.82, 2.24) is 4.98 Å². The first-order chi connectivity index (χ1) is 12.9. The minimum atomic E-state index is -0.879. The molecule has 27 heavy (non-hydrogen) atoms. The van der Waals surface area contributed by atoms with E-state index in [0.29, 0.717) is 23.9 Å². The van der Waals surface area contributed by atoms with E-state index in [9.17, 15) is 14.7 Å². The van der Waals surface area contributed by atoms with Gasteiger partial charge in [0.25, 0.3) is 0 Å². The summed E-state index contributed by atoms with van der Waals surface area (Å²) in [7, 11) is 0. The predicted octanol–water partition coefficient (Wildman–Crippen LogP) is 5.07. The largest absolute Gasteiger partial charge is 0.481 e. The SMILES string of the molecule is Cc1sc(NC(=O)[C@@H]2CCCC[C@@H]2C(=O)O)nc1-c1ccc(C(C)C)cc1. The van der Waals surface area contributed by atoms with Gasteiger partial charge in [-0.05, 0) is 31.2 Å². The lowest BCUT2D eigenvalue weighted by Gasteiger charge is -2.26. The van der Waals surface area contributed by atoms with Gasteiger partial charge in [0, 0.05) is 10.4 Å². The smallest absolute Gasteiger partial charge is 0.307 e. The molecule has 2 atom stereocenters. The molecule has 0 unspecified atom stereocenters. The molecule has 1 aromatic carbocycles. The van der Waals surface area contributed by atoms with E-state index in [1.165, 1.54) is 16.9 Å². The van der Waals surface area contributed by atoms with E-state index in [0.717, 1.165) is 29.0 Å². The standard InChI is InChI=1S/C21H26N2O3S/c1-12(2)14-8-10-15(11-9-14)18-13(3)27-21(22-18)23-19(24)16-6-4-5-7-17(16)20(25)26/h8-12,16-17H,4-7H2,1-3H3,(H,25,26)(H,22,23,24)/t16-,17+/m1/s1. The molecule has 0 aliphatic heterocycles. The Labute approximate surface area is 163 Å². The fourth-order valence-electron chi connectivity index (χ4n) is 3.68. The zero-order valence-corrected chi connectivity index (χ0v) is 16.8. The van der Waals surface area contributed by atoms with Crippen LogP contribution in [0.2, 0.25) is 0 Å². The van der Waals surface area contributed by atoms with Crippen molar-refractivity contribution in [1.29, 1.82) is 0 Å². The van der Waals surface area contributed by atoms with E-state index < -0.39 is 17.8 Å². The van der Waals surface area contributed by atoms with E-state index in [4.69, 9.17) is 0 Å². The summed E-state index contributed by atoms with van der Waals surface area (Å²) in [6, 6.07) is 8.34. The van der Waals surface area contributed by atoms with E-state index in [1.54, 1.807) is 0 Å². The number of benzene rings is 1. The summed E-state index contributed by atoms with van der Waals surface area (Å²) in [6.45, 7) is 6.30. The number of amides is 1. The second-order valence-corrected chi connectivity index (χ2v) is 8.73. The molecule has 3 rings (SSSR count). The summed E-state index contributed by atoms with van der Waals surface area (Å²) in [5.41, 5.74) is 3.16. The first kappa shape index (κ1) is 19.5. The monoisotopic (exact) mass is 386 g/mol. The number of aliphatic carboxylic acids is 1. The number of anilines is 1. The number of carboxylic acids is 1. The molecule has 144 valence electrons. The lowest BCUT2D eigenvalue weighted by molar-refractivity contribution is -0.147. The number of carbonyl (C=O) groups excluding carboxylic acids is 1. The van der Waals surface area contributed by atoms with Crippen LogP contribution in [0.4, 0.5) is 5.13 Å². The number of carboxylic acid groups (broad SMARTS) is 1. The topological polar surface area (TPSA) is 79.3 Å². The minimum absolute atomic E-state index is 0.224. The number of nitrogens with one attached hydrogen (secondary N) is 1. The number of aromatic nitrogens is 1. The van der Waals surface area contributed by atoms with Crippen LogP contribution in [0.25, 0.3) is 11.3 Å². The predicted molar refractivity (Wildman–Crippen MR) is 108 cm³/mol. The van der Waals surface area contributed by atoms with Gasteiger partial charge in [0.2, 0.25) is 5.91 Å². The van der Waals surface area contributed by atoms with E-state index in [2.05, 4.69) is 48.4 Å². The third-order valence-electron chi connectivity index (χ3n) is 5.30. The van der Waals surface area contributed by atoms with Crippen molar-refractivity contribution >= 4 is 28.3 Å². The Morgan fingerprint density at radius 3 is 2.37 bits per heavy atom. The third-order valence-corrected chi connectivity index (χ3v) is 6.18. The molecule has 1 aromatic heterocycles. The van der Waals surface area contributed by atoms with Crippen LogP contribution in [-0.2, 0) is 9.59 Å². The number of carbonyl (C=O) groups is 2. The van der Waals surface area contributed by atoms with Crippen LogP contribution in [0.15, 0.2) is 24.3 Å². The first-order valence-corrected chi connectivity index (χ1v) is 10.3. The van der Waals surface area contributed by atoms with Crippen LogP contribution in [0.5, 0.6) is 0 Å². The third kappa shape index (κ3) is 4.38. The maximum atomic E-state index is 12.7. The summed E-state index contributed by atoms with van der Waals surface area (Å²) >= 11 is 1.43. The lowest BCUT2D eigenvalue weighted by Crippen LogP contribution is -2.36. The summed E-state index contributed by atoms with van der Waals surface area (Å²) in [5.74, 6) is -1.70. The number of thiazole rings is 1. The lowest BCUT2D eigenvalue weighted by atomic mass is 9.79. The molecule has 2 aromatic rings. The van der Waals surface area contributed by atoms with Gasteiger partial charge >= 0.3 is 5.97 Å². The number of nitrogens with zero attached hydrogens (tertiary/aromatic N) is 1. The molecule has 1 amide bonds. The molecule has 2 N–H and O–H groups in total. The molecule has 0 saturated heterocycles. The van der Waals surface area contributed by atoms with Gasteiger partial charge in [-0.25, -0.2) is 4.98 Å². The average Bonchev–Trinajstić information content (AvgIpc) is 3.01. The van der Waals surface area contributed by atoms with Crippen molar-refractivity contribution in [3.63, 3.8) is 0 Å². The highest BCUT2D eigenvalue weighted by atomic mass is 32.1. The highest BCUT2D eigenvalue weighted by Crippen LogP contribution is 2.34. The number of hydrogen-bond acceptors (Lipinski definition) is 4. The molecule has 1 fully saturated rings. The van der Waals surface area contributed by atoms with Crippen LogP contribution in [0, 0.1) is 18.8 Å². The maximum Gasteiger partial charge on any atom is 0.307 e. The molecule has 1 heterocycles. The van der Waals surface area contributed by atoms with Gasteiger partial charge in [0.1, 0.15) is 0 Å². The summed E-state index contributed by atoms with van der Waals surface area (Å²) in [6.07, 6.45) is 2.95. The van der Waals surface area contributed by atoms with Crippen molar-refractivity contribution in [2.45, 2.75) is 52.4 Å². The maximum absolute atomic E-state index is 12.7. The van der Waals surface area contributed by atoms with Gasteiger partial charge in [-0.15, -0.1) is 11.3 Å². The summed E-state index contributed by atoms with van der Waals surface area (Å²) < 4.78 is 0. The number of hydrogen-bond donors (Lipinski definition) is 2. The molecule has 5 nitrogen and oxygen atoms in total. The minimum Gasteiger partial charge on any atom is -0.481 e. The average molecular weight is 387 g/mol. The molecule has 1 aliphatic rings. The zero-order chi connectivity index (χ0) is 19.6. The van der Waals surface area contributed by atoms with Gasteiger partial charge < -0.3 is 10.4 Å². The van der Waals surface area contributed by atoms with Crippen LogP contribution >= 0.6 is 11.3 Å². The highest BCUT2D eigenvalue weighted by Gasteiger charge is 2.36. The van der Waals surface area contributed by atoms with E-state index in [1.807, 2.05) is 6.92 Å². The summed E-state index contributed by atoms with van der Waals surface area (Å²) in [4.78, 5) is 29.7. The molecule has 0 spiro atoms. The van der Waals surface area contributed by atoms with Gasteiger partial charge in [0.05, 0.1) is 17.5 Å². The van der Waals surface area contributed by atoms with Gasteiger partial charge in [-0.3, -0.25) is 9.59 Å². The Balaban J connectivity index is 1.76. The molecule has 1 aliphatic carbocycles. The van der Waals surface area contributed by atoms with Gasteiger partial charge in [-0.2, -0.15) is 0 Å². The zero-order valence-electron chi connectivity index (χ0n) is 16.0. The van der Waals surface area contributed by atoms with E-state index in [-0.39, 0.29) is 5.91 Å². The van der Waals surface area contributed by atoms with Gasteiger partial charge in [0.15, 0.2) is 5.13 Å². The Hall–Kier alpha value is -2.21. The molecule has 0 radical (unpaired) electrons. The fraction of sp³-hybridized carbons (Fsp3) is 0.476. The van der Waals surface area contributed by atoms with Crippen LogP contribution in [-0.4, -0.2) is 22.0 Å². The quantitative estimate of drug-likeness (QED) is 0.752. The number of rotatable bonds is 5. The molecule has 6 heteroatoms. The number of aryl methyl sites for hydroxylation is 1. The molecule has 1 saturated carbocycles. The highest BCUT2D eigenvalue weighted by molar-refractivity contribution is 7.16. The van der Waals surface area contributed by atoms with Crippen LogP contribution < -0.4 is 5.32 Å². The van der Waals surface area contributed by atoms with Crippen LogP contribution in [0.1, 0.15) is 55.9 Å². The Morgan fingerprint density at radius 2 is 1.78 bits per heavy atom. The first-order valence-electron chi connectivity index (χ1n) is 9.48. The molecular weight excluding hydrogens is 360 g/mol. The van der Waals surface area contributed by atoms with Crippen molar-refractivity contribution in [2.75, 3.05) is 5.32 Å². The molecular formula is C21H26N2O3S. The van der Waals surface area contributed by atoms with Crippen LogP contribution in [0.3, 0.4) is 0 Å². The van der Waals surface area contributed by atoms with Crippen molar-refractivity contribution in [3.8, 4) is 11.3 Å². The Bertz CT molecular complexity index is 826. The second-order valence-electron chi connectivity index (χ2n) is 7.53. The van der Waals surface area contributed by atoms with Crippen molar-refractivity contribution in [2.24, 2.45) is 11.8 Å². The van der Waals surface area contributed by atoms with Crippen molar-refractivity contribution < 1.29 is 14.7 Å². The Kier molecular flexibility index (Phi) is 5.95. The normalized spacial score (nSPS) is 19.9. The second kappa shape index (κ2) is 8.21. The molecule has 0 bridgehead atoms. The van der Waals surface area contributed by atoms with Crippen molar-refractivity contribution in [3.05, 3.63) is 34.7 Å². The fourth-order valence-corrected chi connectivity index (χ4v) is 4.52.